The van der Waals surface area contributed by atoms with E-state index in [0.29, 0.717) is 0 Å². The Morgan fingerprint density at radius 3 is 2.81 bits per heavy atom. The number of primary amides is 1. The van der Waals surface area contributed by atoms with Crippen LogP contribution in [0.3, 0.4) is 0 Å². The number of nitrogens with one attached hydrogen (secondary N) is 1. The maximum atomic E-state index is 11.1. The molecule has 0 saturated carbocycles. The molecule has 0 aliphatic carbocycles. The highest BCUT2D eigenvalue weighted by molar-refractivity contribution is 5.83. The lowest BCUT2D eigenvalue weighted by Crippen LogP contribution is -2.53. The lowest BCUT2D eigenvalue weighted by atomic mass is 10.0. The zero-order chi connectivity index (χ0) is 12.2. The minimum Gasteiger partial charge on any atom is -0.469 e. The van der Waals surface area contributed by atoms with Crippen molar-refractivity contribution in [3.63, 3.8) is 0 Å². The van der Waals surface area contributed by atoms with E-state index in [1.165, 1.54) is 0 Å². The summed E-state index contributed by atoms with van der Waals surface area (Å²) in [6.07, 6.45) is 3.43. The second kappa shape index (κ2) is 5.16. The van der Waals surface area contributed by atoms with Gasteiger partial charge in [0.2, 0.25) is 5.91 Å². The summed E-state index contributed by atoms with van der Waals surface area (Å²) >= 11 is 0. The van der Waals surface area contributed by atoms with Crippen LogP contribution in [0.1, 0.15) is 33.0 Å². The van der Waals surface area contributed by atoms with Crippen LogP contribution in [0.2, 0.25) is 0 Å². The van der Waals surface area contributed by atoms with E-state index in [9.17, 15) is 4.79 Å². The molecule has 0 aliphatic rings. The molecule has 90 valence electrons. The summed E-state index contributed by atoms with van der Waals surface area (Å²) in [6.45, 7) is 5.62. The first-order chi connectivity index (χ1) is 7.42. The van der Waals surface area contributed by atoms with Crippen molar-refractivity contribution in [3.05, 3.63) is 24.2 Å². The fraction of sp³-hybridized carbons (Fsp3) is 0.583. The first-order valence-corrected chi connectivity index (χ1v) is 5.52. The number of carbonyl (C=O) groups excluding carboxylic acids is 1. The third-order valence-electron chi connectivity index (χ3n) is 2.63. The van der Waals surface area contributed by atoms with Crippen molar-refractivity contribution in [1.82, 2.24) is 5.32 Å². The number of hydrogen-bond acceptors (Lipinski definition) is 3. The molecule has 0 aliphatic heterocycles. The minimum absolute atomic E-state index is 0.215. The van der Waals surface area contributed by atoms with Crippen molar-refractivity contribution < 1.29 is 9.21 Å². The summed E-state index contributed by atoms with van der Waals surface area (Å²) in [5, 5.41) is 3.20. The second-order valence-corrected chi connectivity index (χ2v) is 4.65. The van der Waals surface area contributed by atoms with Crippen LogP contribution >= 0.6 is 0 Å². The third kappa shape index (κ3) is 3.70. The number of hydrogen-bond donors (Lipinski definition) is 2. The molecule has 0 aromatic carbocycles. The highest BCUT2D eigenvalue weighted by Crippen LogP contribution is 2.09. The maximum Gasteiger partial charge on any atom is 0.237 e. The molecule has 1 aromatic heterocycles. The fourth-order valence-corrected chi connectivity index (χ4v) is 1.57. The van der Waals surface area contributed by atoms with E-state index in [4.69, 9.17) is 10.2 Å². The van der Waals surface area contributed by atoms with Gasteiger partial charge in [-0.25, -0.2) is 0 Å². The minimum atomic E-state index is -0.664. The van der Waals surface area contributed by atoms with E-state index in [1.54, 1.807) is 20.1 Å². The van der Waals surface area contributed by atoms with Crippen LogP contribution in [0.5, 0.6) is 0 Å². The van der Waals surface area contributed by atoms with Crippen LogP contribution in [0.15, 0.2) is 22.8 Å². The lowest BCUT2D eigenvalue weighted by molar-refractivity contribution is -0.123. The highest BCUT2D eigenvalue weighted by Gasteiger charge is 2.25. The summed E-state index contributed by atoms with van der Waals surface area (Å²) in [7, 11) is 0. The second-order valence-electron chi connectivity index (χ2n) is 4.65. The van der Waals surface area contributed by atoms with Gasteiger partial charge in [0, 0.05) is 12.5 Å². The SMILES string of the molecule is CC(CCc1ccco1)NC(C)(C)C(N)=O. The molecule has 0 fully saturated rings. The van der Waals surface area contributed by atoms with E-state index < -0.39 is 5.54 Å². The van der Waals surface area contributed by atoms with Gasteiger partial charge in [-0.3, -0.25) is 4.79 Å². The summed E-state index contributed by atoms with van der Waals surface area (Å²) in [5.41, 5.74) is 4.63. The van der Waals surface area contributed by atoms with Crippen molar-refractivity contribution in [1.29, 1.82) is 0 Å². The summed E-state index contributed by atoms with van der Waals surface area (Å²) in [5.74, 6) is 0.628. The number of furan rings is 1. The van der Waals surface area contributed by atoms with Gasteiger partial charge in [0.25, 0.3) is 0 Å². The first kappa shape index (κ1) is 12.8. The third-order valence-corrected chi connectivity index (χ3v) is 2.63. The van der Waals surface area contributed by atoms with Crippen molar-refractivity contribution in [2.75, 3.05) is 0 Å². The van der Waals surface area contributed by atoms with E-state index in [0.717, 1.165) is 18.6 Å². The van der Waals surface area contributed by atoms with Crippen LogP contribution in [-0.4, -0.2) is 17.5 Å². The smallest absolute Gasteiger partial charge is 0.237 e. The summed E-state index contributed by atoms with van der Waals surface area (Å²) < 4.78 is 5.24. The van der Waals surface area contributed by atoms with Crippen LogP contribution in [0.25, 0.3) is 0 Å². The number of rotatable bonds is 6. The Balaban J connectivity index is 2.36. The highest BCUT2D eigenvalue weighted by atomic mass is 16.3. The number of aryl methyl sites for hydroxylation is 1. The average molecular weight is 224 g/mol. The predicted octanol–water partition coefficient (Wildman–Crippen LogP) is 1.45. The Morgan fingerprint density at radius 1 is 1.62 bits per heavy atom. The van der Waals surface area contributed by atoms with E-state index in [-0.39, 0.29) is 11.9 Å². The van der Waals surface area contributed by atoms with Crippen LogP contribution < -0.4 is 11.1 Å². The fourth-order valence-electron chi connectivity index (χ4n) is 1.57. The monoisotopic (exact) mass is 224 g/mol. The Labute approximate surface area is 96.2 Å². The van der Waals surface area contributed by atoms with Crippen LogP contribution in [0.4, 0.5) is 0 Å². The molecule has 0 radical (unpaired) electrons. The van der Waals surface area contributed by atoms with Crippen molar-refractivity contribution in [3.8, 4) is 0 Å². The molecule has 4 heteroatoms. The van der Waals surface area contributed by atoms with Gasteiger partial charge >= 0.3 is 0 Å². The Bertz CT molecular complexity index is 331. The standard InChI is InChI=1S/C12H20N2O2/c1-9(14-12(2,3)11(13)15)6-7-10-5-4-8-16-10/h4-5,8-9,14H,6-7H2,1-3H3,(H2,13,15). The zero-order valence-corrected chi connectivity index (χ0v) is 10.1. The summed E-state index contributed by atoms with van der Waals surface area (Å²) in [6, 6.07) is 4.04. The zero-order valence-electron chi connectivity index (χ0n) is 10.1. The van der Waals surface area contributed by atoms with E-state index in [1.807, 2.05) is 19.1 Å². The van der Waals surface area contributed by atoms with Crippen molar-refractivity contribution in [2.24, 2.45) is 5.73 Å². The van der Waals surface area contributed by atoms with Gasteiger partial charge in [-0.15, -0.1) is 0 Å². The van der Waals surface area contributed by atoms with Gasteiger partial charge < -0.3 is 15.5 Å². The molecule has 1 aromatic rings. The van der Waals surface area contributed by atoms with Crippen LogP contribution in [0, 0.1) is 0 Å². The molecule has 0 saturated heterocycles. The Kier molecular flexibility index (Phi) is 4.12. The quantitative estimate of drug-likeness (QED) is 0.768. The molecule has 0 spiro atoms. The van der Waals surface area contributed by atoms with Crippen molar-refractivity contribution in [2.45, 2.75) is 45.2 Å². The molecule has 0 bridgehead atoms. The largest absolute Gasteiger partial charge is 0.469 e. The number of amides is 1. The Morgan fingerprint density at radius 2 is 2.31 bits per heavy atom. The molecular weight excluding hydrogens is 204 g/mol. The van der Waals surface area contributed by atoms with Gasteiger partial charge in [-0.1, -0.05) is 0 Å². The molecule has 3 N–H and O–H groups in total. The molecule has 1 amide bonds. The molecule has 1 rings (SSSR count). The normalized spacial score (nSPS) is 13.7. The molecule has 1 heterocycles. The first-order valence-electron chi connectivity index (χ1n) is 5.52. The number of carbonyl (C=O) groups is 1. The molecule has 4 nitrogen and oxygen atoms in total. The van der Waals surface area contributed by atoms with Crippen LogP contribution in [-0.2, 0) is 11.2 Å². The van der Waals surface area contributed by atoms with Gasteiger partial charge in [-0.05, 0) is 39.3 Å². The average Bonchev–Trinajstić information content (AvgIpc) is 2.66. The molecule has 16 heavy (non-hydrogen) atoms. The molecule has 1 atom stereocenters. The number of nitrogens with two attached hydrogens (primary N) is 1. The van der Waals surface area contributed by atoms with E-state index >= 15 is 0 Å². The Hall–Kier alpha value is -1.29. The molecular formula is C12H20N2O2. The maximum absolute atomic E-state index is 11.1. The van der Waals surface area contributed by atoms with Gasteiger partial charge in [0.15, 0.2) is 0 Å². The van der Waals surface area contributed by atoms with Gasteiger partial charge in [-0.2, -0.15) is 0 Å². The van der Waals surface area contributed by atoms with Gasteiger partial charge in [0.1, 0.15) is 5.76 Å². The van der Waals surface area contributed by atoms with Crippen molar-refractivity contribution >= 4 is 5.91 Å². The van der Waals surface area contributed by atoms with Gasteiger partial charge in [0.05, 0.1) is 11.8 Å². The predicted molar refractivity (Wildman–Crippen MR) is 62.9 cm³/mol. The lowest BCUT2D eigenvalue weighted by Gasteiger charge is -2.26. The topological polar surface area (TPSA) is 68.3 Å². The van der Waals surface area contributed by atoms with E-state index in [2.05, 4.69) is 5.32 Å². The summed E-state index contributed by atoms with van der Waals surface area (Å²) in [4.78, 5) is 11.1. The molecule has 1 unspecified atom stereocenters.